The van der Waals surface area contributed by atoms with Crippen molar-refractivity contribution < 1.29 is 22.7 Å². The average Bonchev–Trinajstić information content (AvgIpc) is 3.20. The van der Waals surface area contributed by atoms with Crippen LogP contribution in [0.1, 0.15) is 16.7 Å². The highest BCUT2D eigenvalue weighted by Crippen LogP contribution is 2.21. The Labute approximate surface area is 181 Å². The number of carbonyl (C=O) groups is 1. The van der Waals surface area contributed by atoms with E-state index in [1.165, 1.54) is 29.5 Å². The van der Waals surface area contributed by atoms with Gasteiger partial charge in [0.2, 0.25) is 5.91 Å². The number of rotatable bonds is 8. The van der Waals surface area contributed by atoms with Crippen LogP contribution in [0.4, 0.5) is 13.2 Å². The predicted molar refractivity (Wildman–Crippen MR) is 111 cm³/mol. The molecule has 0 saturated heterocycles. The number of thioether (sulfide) groups is 1. The molecule has 3 rings (SSSR count). The molecule has 0 radical (unpaired) electrons. The Hall–Kier alpha value is -3.01. The Kier molecular flexibility index (Phi) is 7.21. The van der Waals surface area contributed by atoms with Crippen molar-refractivity contribution in [1.82, 2.24) is 20.1 Å². The van der Waals surface area contributed by atoms with Gasteiger partial charge in [-0.1, -0.05) is 30.0 Å². The summed E-state index contributed by atoms with van der Waals surface area (Å²) in [6.45, 7) is 2.97. The second-order valence-corrected chi connectivity index (χ2v) is 7.81. The molecule has 0 aliphatic carbocycles. The van der Waals surface area contributed by atoms with Crippen molar-refractivity contribution in [2.75, 3.05) is 12.4 Å². The van der Waals surface area contributed by atoms with Crippen molar-refractivity contribution in [2.24, 2.45) is 0 Å². The number of nitrogens with one attached hydrogen (secondary N) is 1. The average molecular weight is 450 g/mol. The van der Waals surface area contributed by atoms with Crippen LogP contribution in [0.2, 0.25) is 0 Å². The number of hydrogen-bond donors (Lipinski definition) is 1. The van der Waals surface area contributed by atoms with Gasteiger partial charge in [-0.2, -0.15) is 13.2 Å². The molecule has 0 unspecified atom stereocenters. The first-order valence-electron chi connectivity index (χ1n) is 9.37. The lowest BCUT2D eigenvalue weighted by Gasteiger charge is -2.10. The Morgan fingerprint density at radius 1 is 1.13 bits per heavy atom. The SMILES string of the molecule is Cc1ccc(-n2cnnc2SCC(=O)NCc2ccc(OCC(F)(F)F)cc2)cc1C. The second kappa shape index (κ2) is 9.86. The molecule has 0 saturated carbocycles. The molecular formula is C21H21F3N4O2S. The minimum Gasteiger partial charge on any atom is -0.484 e. The van der Waals surface area contributed by atoms with Gasteiger partial charge in [-0.05, 0) is 54.8 Å². The molecule has 0 atom stereocenters. The molecule has 6 nitrogen and oxygen atoms in total. The zero-order chi connectivity index (χ0) is 22.4. The van der Waals surface area contributed by atoms with Crippen LogP contribution in [-0.2, 0) is 11.3 Å². The fraction of sp³-hybridized carbons (Fsp3) is 0.286. The quantitative estimate of drug-likeness (QED) is 0.520. The van der Waals surface area contributed by atoms with E-state index in [1.54, 1.807) is 18.5 Å². The fourth-order valence-corrected chi connectivity index (χ4v) is 3.38. The fourth-order valence-electron chi connectivity index (χ4n) is 2.63. The van der Waals surface area contributed by atoms with Crippen LogP contribution in [0.3, 0.4) is 0 Å². The Morgan fingerprint density at radius 3 is 2.55 bits per heavy atom. The molecule has 0 spiro atoms. The van der Waals surface area contributed by atoms with Crippen molar-refractivity contribution in [2.45, 2.75) is 31.7 Å². The molecule has 1 amide bonds. The van der Waals surface area contributed by atoms with Crippen molar-refractivity contribution in [3.63, 3.8) is 0 Å². The van der Waals surface area contributed by atoms with Gasteiger partial charge in [0.25, 0.3) is 0 Å². The molecule has 0 aliphatic rings. The van der Waals surface area contributed by atoms with Gasteiger partial charge in [-0.15, -0.1) is 10.2 Å². The van der Waals surface area contributed by atoms with E-state index in [2.05, 4.69) is 20.3 Å². The van der Waals surface area contributed by atoms with Crippen molar-refractivity contribution >= 4 is 17.7 Å². The van der Waals surface area contributed by atoms with Gasteiger partial charge < -0.3 is 10.1 Å². The van der Waals surface area contributed by atoms with E-state index >= 15 is 0 Å². The van der Waals surface area contributed by atoms with Crippen LogP contribution in [0.5, 0.6) is 5.75 Å². The molecule has 1 N–H and O–H groups in total. The smallest absolute Gasteiger partial charge is 0.422 e. The summed E-state index contributed by atoms with van der Waals surface area (Å²) in [6.07, 6.45) is -2.78. The van der Waals surface area contributed by atoms with E-state index in [0.717, 1.165) is 16.8 Å². The van der Waals surface area contributed by atoms with Crippen molar-refractivity contribution in [3.05, 3.63) is 65.5 Å². The zero-order valence-corrected chi connectivity index (χ0v) is 17.8. The maximum Gasteiger partial charge on any atom is 0.422 e. The highest BCUT2D eigenvalue weighted by Gasteiger charge is 2.28. The first-order valence-corrected chi connectivity index (χ1v) is 10.4. The van der Waals surface area contributed by atoms with Gasteiger partial charge in [0, 0.05) is 12.2 Å². The van der Waals surface area contributed by atoms with Crippen molar-refractivity contribution in [3.8, 4) is 11.4 Å². The number of amides is 1. The third-order valence-corrected chi connectivity index (χ3v) is 5.38. The molecule has 0 bridgehead atoms. The lowest BCUT2D eigenvalue weighted by Crippen LogP contribution is -2.24. The third-order valence-electron chi connectivity index (χ3n) is 4.43. The summed E-state index contributed by atoms with van der Waals surface area (Å²) < 4.78 is 43.0. The number of nitrogens with zero attached hydrogens (tertiary/aromatic N) is 3. The molecule has 164 valence electrons. The van der Waals surface area contributed by atoms with Crippen LogP contribution in [0.25, 0.3) is 5.69 Å². The van der Waals surface area contributed by atoms with Gasteiger partial charge in [0.05, 0.1) is 5.75 Å². The number of hydrogen-bond acceptors (Lipinski definition) is 5. The van der Waals surface area contributed by atoms with Crippen LogP contribution < -0.4 is 10.1 Å². The number of alkyl halides is 3. The normalized spacial score (nSPS) is 11.4. The number of carbonyl (C=O) groups excluding carboxylic acids is 1. The summed E-state index contributed by atoms with van der Waals surface area (Å²) in [5.41, 5.74) is 4.00. The standard InChI is InChI=1S/C21H21F3N4O2S/c1-14-3-6-17(9-15(14)2)28-13-26-27-20(28)31-11-19(29)25-10-16-4-7-18(8-5-16)30-12-21(22,23)24/h3-9,13H,10-12H2,1-2H3,(H,25,29). The summed E-state index contributed by atoms with van der Waals surface area (Å²) in [4.78, 5) is 12.2. The number of halogens is 3. The summed E-state index contributed by atoms with van der Waals surface area (Å²) in [6, 6.07) is 12.1. The molecule has 31 heavy (non-hydrogen) atoms. The number of benzene rings is 2. The molecule has 1 aromatic heterocycles. The Balaban J connectivity index is 1.49. The van der Waals surface area contributed by atoms with E-state index in [4.69, 9.17) is 0 Å². The van der Waals surface area contributed by atoms with E-state index in [0.29, 0.717) is 5.16 Å². The van der Waals surface area contributed by atoms with E-state index < -0.39 is 12.8 Å². The van der Waals surface area contributed by atoms with Gasteiger partial charge >= 0.3 is 6.18 Å². The van der Waals surface area contributed by atoms with E-state index in [-0.39, 0.29) is 24.0 Å². The first kappa shape index (κ1) is 22.7. The monoisotopic (exact) mass is 450 g/mol. The summed E-state index contributed by atoms with van der Waals surface area (Å²) in [5, 5.41) is 11.4. The first-order chi connectivity index (χ1) is 14.7. The van der Waals surface area contributed by atoms with Gasteiger partial charge in [0.1, 0.15) is 12.1 Å². The lowest BCUT2D eigenvalue weighted by molar-refractivity contribution is -0.153. The summed E-state index contributed by atoms with van der Waals surface area (Å²) >= 11 is 1.26. The second-order valence-electron chi connectivity index (χ2n) is 6.87. The van der Waals surface area contributed by atoms with Crippen LogP contribution >= 0.6 is 11.8 Å². The molecule has 1 heterocycles. The zero-order valence-electron chi connectivity index (χ0n) is 16.9. The van der Waals surface area contributed by atoms with Crippen LogP contribution in [0, 0.1) is 13.8 Å². The molecule has 10 heteroatoms. The maximum absolute atomic E-state index is 12.2. The Bertz CT molecular complexity index is 1040. The van der Waals surface area contributed by atoms with Gasteiger partial charge in [-0.3, -0.25) is 9.36 Å². The van der Waals surface area contributed by atoms with Gasteiger partial charge in [0.15, 0.2) is 11.8 Å². The predicted octanol–water partition coefficient (Wildman–Crippen LogP) is 4.23. The molecule has 2 aromatic carbocycles. The topological polar surface area (TPSA) is 69.0 Å². The largest absolute Gasteiger partial charge is 0.484 e. The highest BCUT2D eigenvalue weighted by atomic mass is 32.2. The Morgan fingerprint density at radius 2 is 1.87 bits per heavy atom. The highest BCUT2D eigenvalue weighted by molar-refractivity contribution is 7.99. The lowest BCUT2D eigenvalue weighted by atomic mass is 10.1. The molecular weight excluding hydrogens is 429 g/mol. The summed E-state index contributed by atoms with van der Waals surface area (Å²) in [5.74, 6) is 0.0710. The van der Waals surface area contributed by atoms with E-state index in [9.17, 15) is 18.0 Å². The van der Waals surface area contributed by atoms with Crippen molar-refractivity contribution in [1.29, 1.82) is 0 Å². The number of ether oxygens (including phenoxy) is 1. The molecule has 0 aliphatic heterocycles. The van der Waals surface area contributed by atoms with E-state index in [1.807, 2.05) is 36.6 Å². The maximum atomic E-state index is 12.2. The minimum absolute atomic E-state index is 0.119. The minimum atomic E-state index is -4.38. The number of aromatic nitrogens is 3. The third kappa shape index (κ3) is 6.74. The summed E-state index contributed by atoms with van der Waals surface area (Å²) in [7, 11) is 0. The molecule has 0 fully saturated rings. The van der Waals surface area contributed by atoms with Crippen LogP contribution in [-0.4, -0.2) is 39.2 Å². The molecule has 3 aromatic rings. The van der Waals surface area contributed by atoms with Crippen LogP contribution in [0.15, 0.2) is 53.9 Å². The number of aryl methyl sites for hydroxylation is 2. The van der Waals surface area contributed by atoms with Gasteiger partial charge in [-0.25, -0.2) is 0 Å².